The highest BCUT2D eigenvalue weighted by molar-refractivity contribution is 5.47. The lowest BCUT2D eigenvalue weighted by Crippen LogP contribution is -2.56. The number of halogens is 3. The molecule has 0 bridgehead atoms. The first-order chi connectivity index (χ1) is 12.2. The van der Waals surface area contributed by atoms with Crippen molar-refractivity contribution in [1.82, 2.24) is 9.88 Å². The van der Waals surface area contributed by atoms with Gasteiger partial charge in [0.1, 0.15) is 11.8 Å². The lowest BCUT2D eigenvalue weighted by molar-refractivity contribution is -0.141. The van der Waals surface area contributed by atoms with Gasteiger partial charge in [0.05, 0.1) is 12.2 Å². The molecule has 146 valence electrons. The Balaban J connectivity index is 1.63. The standard InChI is InChI=1S/C17H24F3N3O3/c18-17(19,20)15-6-12(3-4-21-15)23-5-1-2-11(8-23)7-22-9-13(24)16(26)14(25)10-22/h3-4,6,11,13-14,16,24-26H,1-2,5,7-10H2/t11-,13-,14+,16+/m0/s1. The number of alkyl halides is 3. The van der Waals surface area contributed by atoms with Crippen molar-refractivity contribution in [2.24, 2.45) is 5.92 Å². The van der Waals surface area contributed by atoms with Gasteiger partial charge >= 0.3 is 6.18 Å². The summed E-state index contributed by atoms with van der Waals surface area (Å²) in [6, 6.07) is 2.66. The number of rotatable bonds is 3. The van der Waals surface area contributed by atoms with Crippen LogP contribution in [-0.2, 0) is 6.18 Å². The largest absolute Gasteiger partial charge is 0.433 e. The van der Waals surface area contributed by atoms with E-state index in [9.17, 15) is 28.5 Å². The number of aliphatic hydroxyl groups is 3. The highest BCUT2D eigenvalue weighted by atomic mass is 19.4. The molecule has 2 saturated heterocycles. The predicted octanol–water partition coefficient (Wildman–Crippen LogP) is 0.715. The van der Waals surface area contributed by atoms with E-state index < -0.39 is 30.2 Å². The van der Waals surface area contributed by atoms with Gasteiger partial charge in [-0.15, -0.1) is 0 Å². The maximum absolute atomic E-state index is 12.9. The number of piperidine rings is 2. The lowest BCUT2D eigenvalue weighted by Gasteiger charge is -2.41. The van der Waals surface area contributed by atoms with E-state index in [1.165, 1.54) is 6.20 Å². The molecule has 2 fully saturated rings. The molecule has 1 aromatic rings. The van der Waals surface area contributed by atoms with E-state index >= 15 is 0 Å². The summed E-state index contributed by atoms with van der Waals surface area (Å²) in [6.07, 6.45) is -4.62. The number of hydrogen-bond donors (Lipinski definition) is 3. The SMILES string of the molecule is O[C@H]1[C@H](O)CN(C[C@@H]2CCCN(c3ccnc(C(F)(F)F)c3)C2)C[C@@H]1O. The Bertz CT molecular complexity index is 604. The topological polar surface area (TPSA) is 80.1 Å². The van der Waals surface area contributed by atoms with Crippen LogP contribution in [0.2, 0.25) is 0 Å². The van der Waals surface area contributed by atoms with Crippen LogP contribution in [-0.4, -0.2) is 76.2 Å². The van der Waals surface area contributed by atoms with Crippen molar-refractivity contribution in [1.29, 1.82) is 0 Å². The Labute approximate surface area is 149 Å². The zero-order valence-corrected chi connectivity index (χ0v) is 14.3. The highest BCUT2D eigenvalue weighted by Gasteiger charge is 2.35. The molecular formula is C17H24F3N3O3. The van der Waals surface area contributed by atoms with Gasteiger partial charge in [-0.25, -0.2) is 0 Å². The van der Waals surface area contributed by atoms with E-state index in [0.717, 1.165) is 18.9 Å². The molecule has 3 heterocycles. The van der Waals surface area contributed by atoms with Gasteiger partial charge in [0, 0.05) is 44.6 Å². The molecule has 0 radical (unpaired) electrons. The van der Waals surface area contributed by atoms with Crippen LogP contribution < -0.4 is 4.90 Å². The van der Waals surface area contributed by atoms with Gasteiger partial charge < -0.3 is 20.2 Å². The van der Waals surface area contributed by atoms with E-state index in [-0.39, 0.29) is 19.0 Å². The first-order valence-electron chi connectivity index (χ1n) is 8.79. The van der Waals surface area contributed by atoms with Crippen molar-refractivity contribution in [3.8, 4) is 0 Å². The molecule has 0 amide bonds. The minimum Gasteiger partial charge on any atom is -0.389 e. The van der Waals surface area contributed by atoms with Crippen LogP contribution >= 0.6 is 0 Å². The van der Waals surface area contributed by atoms with Crippen LogP contribution in [0.15, 0.2) is 18.3 Å². The van der Waals surface area contributed by atoms with Crippen molar-refractivity contribution in [3.05, 3.63) is 24.0 Å². The second kappa shape index (κ2) is 7.67. The second-order valence-electron chi connectivity index (χ2n) is 7.20. The molecule has 9 heteroatoms. The number of anilines is 1. The molecule has 26 heavy (non-hydrogen) atoms. The Morgan fingerprint density at radius 3 is 2.46 bits per heavy atom. The fraction of sp³-hybridized carbons (Fsp3) is 0.706. The summed E-state index contributed by atoms with van der Waals surface area (Å²) >= 11 is 0. The number of likely N-dealkylation sites (tertiary alicyclic amines) is 1. The summed E-state index contributed by atoms with van der Waals surface area (Å²) in [5.41, 5.74) is -0.389. The van der Waals surface area contributed by atoms with E-state index in [2.05, 4.69) is 4.98 Å². The van der Waals surface area contributed by atoms with E-state index in [1.54, 1.807) is 6.07 Å². The van der Waals surface area contributed by atoms with Crippen molar-refractivity contribution < 1.29 is 28.5 Å². The molecule has 3 rings (SSSR count). The number of pyridine rings is 1. The average molecular weight is 375 g/mol. The molecule has 4 atom stereocenters. The second-order valence-corrected chi connectivity index (χ2v) is 7.20. The van der Waals surface area contributed by atoms with E-state index in [1.807, 2.05) is 9.80 Å². The maximum Gasteiger partial charge on any atom is 0.433 e. The summed E-state index contributed by atoms with van der Waals surface area (Å²) in [5, 5.41) is 29.2. The molecule has 0 unspecified atom stereocenters. The van der Waals surface area contributed by atoms with Crippen molar-refractivity contribution >= 4 is 5.69 Å². The Morgan fingerprint density at radius 2 is 1.81 bits per heavy atom. The average Bonchev–Trinajstić information content (AvgIpc) is 2.59. The molecule has 6 nitrogen and oxygen atoms in total. The molecule has 2 aliphatic heterocycles. The summed E-state index contributed by atoms with van der Waals surface area (Å²) in [4.78, 5) is 7.24. The van der Waals surface area contributed by atoms with Gasteiger partial charge in [0.25, 0.3) is 0 Å². The first-order valence-corrected chi connectivity index (χ1v) is 8.79. The minimum atomic E-state index is -4.47. The number of nitrogens with zero attached hydrogens (tertiary/aromatic N) is 3. The maximum atomic E-state index is 12.9. The van der Waals surface area contributed by atoms with Crippen LogP contribution in [0.4, 0.5) is 18.9 Å². The van der Waals surface area contributed by atoms with E-state index in [4.69, 9.17) is 0 Å². The Morgan fingerprint density at radius 1 is 1.12 bits per heavy atom. The van der Waals surface area contributed by atoms with Crippen LogP contribution in [0.5, 0.6) is 0 Å². The normalized spacial score (nSPS) is 31.2. The third-order valence-corrected chi connectivity index (χ3v) is 5.11. The summed E-state index contributed by atoms with van der Waals surface area (Å²) in [6.45, 7) is 2.47. The molecule has 1 aromatic heterocycles. The van der Waals surface area contributed by atoms with Gasteiger partial charge in [0.15, 0.2) is 0 Å². The fourth-order valence-corrected chi connectivity index (χ4v) is 3.81. The zero-order chi connectivity index (χ0) is 18.9. The first kappa shape index (κ1) is 19.3. The molecule has 0 aliphatic carbocycles. The summed E-state index contributed by atoms with van der Waals surface area (Å²) < 4.78 is 38.6. The predicted molar refractivity (Wildman–Crippen MR) is 88.6 cm³/mol. The van der Waals surface area contributed by atoms with Gasteiger partial charge in [-0.2, -0.15) is 13.2 Å². The molecular weight excluding hydrogens is 351 g/mol. The van der Waals surface area contributed by atoms with Gasteiger partial charge in [-0.3, -0.25) is 9.88 Å². The third-order valence-electron chi connectivity index (χ3n) is 5.11. The van der Waals surface area contributed by atoms with Gasteiger partial charge in [-0.1, -0.05) is 0 Å². The molecule has 0 spiro atoms. The van der Waals surface area contributed by atoms with Crippen LogP contribution in [0.25, 0.3) is 0 Å². The molecule has 3 N–H and O–H groups in total. The van der Waals surface area contributed by atoms with Crippen molar-refractivity contribution in [3.63, 3.8) is 0 Å². The molecule has 2 aliphatic rings. The van der Waals surface area contributed by atoms with Crippen LogP contribution in [0.1, 0.15) is 18.5 Å². The summed E-state index contributed by atoms with van der Waals surface area (Å²) in [5.74, 6) is 0.209. The van der Waals surface area contributed by atoms with Gasteiger partial charge in [0.2, 0.25) is 0 Å². The number of aromatic nitrogens is 1. The van der Waals surface area contributed by atoms with Gasteiger partial charge in [-0.05, 0) is 30.9 Å². The van der Waals surface area contributed by atoms with Crippen LogP contribution in [0.3, 0.4) is 0 Å². The molecule has 0 aromatic carbocycles. The smallest absolute Gasteiger partial charge is 0.389 e. The fourth-order valence-electron chi connectivity index (χ4n) is 3.81. The monoisotopic (exact) mass is 375 g/mol. The summed E-state index contributed by atoms with van der Waals surface area (Å²) in [7, 11) is 0. The van der Waals surface area contributed by atoms with E-state index in [0.29, 0.717) is 25.3 Å². The third kappa shape index (κ3) is 4.46. The van der Waals surface area contributed by atoms with Crippen molar-refractivity contribution in [2.45, 2.75) is 37.3 Å². The zero-order valence-electron chi connectivity index (χ0n) is 14.3. The number of β-amino-alcohol motifs (C(OH)–C–C–N with tert-alkyl or cyclic N) is 2. The number of aliphatic hydroxyl groups excluding tert-OH is 3. The van der Waals surface area contributed by atoms with Crippen LogP contribution in [0, 0.1) is 5.92 Å². The lowest BCUT2D eigenvalue weighted by atomic mass is 9.94. The molecule has 0 saturated carbocycles. The Kier molecular flexibility index (Phi) is 5.71. The highest BCUT2D eigenvalue weighted by Crippen LogP contribution is 2.31. The Hall–Kier alpha value is -1.42. The number of hydrogen-bond acceptors (Lipinski definition) is 6. The van der Waals surface area contributed by atoms with Crippen molar-refractivity contribution in [2.75, 3.05) is 37.6 Å². The quantitative estimate of drug-likeness (QED) is 0.722. The minimum absolute atomic E-state index is 0.209.